The van der Waals surface area contributed by atoms with Crippen LogP contribution in [-0.2, 0) is 0 Å². The van der Waals surface area contributed by atoms with Crippen LogP contribution in [0.25, 0.3) is 0 Å². The van der Waals surface area contributed by atoms with Crippen molar-refractivity contribution < 1.29 is 0 Å². The molecule has 1 rings (SSSR count). The van der Waals surface area contributed by atoms with Crippen molar-refractivity contribution in [2.45, 2.75) is 13.3 Å². The maximum atomic E-state index is 4.13. The minimum atomic E-state index is 0.989. The summed E-state index contributed by atoms with van der Waals surface area (Å²) in [5.41, 5.74) is 4.04. The van der Waals surface area contributed by atoms with Gasteiger partial charge in [0.1, 0.15) is 0 Å². The Balaban J connectivity index is 2.78. The van der Waals surface area contributed by atoms with Crippen molar-refractivity contribution in [2.24, 2.45) is 4.99 Å². The Labute approximate surface area is 55.1 Å². The fourth-order valence-electron chi connectivity index (χ4n) is 0.628. The summed E-state index contributed by atoms with van der Waals surface area (Å²) in [6.07, 6.45) is 8.41. The zero-order valence-electron chi connectivity index (χ0n) is 5.46. The van der Waals surface area contributed by atoms with E-state index in [1.165, 1.54) is 0 Å². The van der Waals surface area contributed by atoms with Gasteiger partial charge in [-0.25, -0.2) is 0 Å². The monoisotopic (exact) mass is 119 g/mol. The van der Waals surface area contributed by atoms with E-state index in [0.717, 1.165) is 12.1 Å². The molecule has 0 amide bonds. The van der Waals surface area contributed by atoms with Crippen LogP contribution in [0.15, 0.2) is 34.6 Å². The molecule has 1 aliphatic heterocycles. The highest BCUT2D eigenvalue weighted by Crippen LogP contribution is 2.02. The molecule has 0 aromatic heterocycles. The predicted molar refractivity (Wildman–Crippen MR) is 39.5 cm³/mol. The van der Waals surface area contributed by atoms with E-state index >= 15 is 0 Å². The van der Waals surface area contributed by atoms with Gasteiger partial charge in [-0.15, -0.1) is 5.73 Å². The minimum Gasteiger partial charge on any atom is -0.261 e. The third-order valence-corrected chi connectivity index (χ3v) is 1.15. The van der Waals surface area contributed by atoms with E-state index < -0.39 is 0 Å². The summed E-state index contributed by atoms with van der Waals surface area (Å²) in [5, 5.41) is 0. The Hall–Kier alpha value is -1.07. The van der Waals surface area contributed by atoms with E-state index in [4.69, 9.17) is 0 Å². The van der Waals surface area contributed by atoms with Crippen LogP contribution >= 0.6 is 0 Å². The largest absolute Gasteiger partial charge is 0.261 e. The third kappa shape index (κ3) is 1.71. The zero-order chi connectivity index (χ0) is 6.53. The Bertz CT molecular complexity index is 203. The second-order valence-electron chi connectivity index (χ2n) is 1.79. The molecule has 0 radical (unpaired) electrons. The number of aliphatic imine (C=N–C) groups is 1. The van der Waals surface area contributed by atoms with Crippen LogP contribution in [0.3, 0.4) is 0 Å². The van der Waals surface area contributed by atoms with Crippen molar-refractivity contribution in [3.63, 3.8) is 0 Å². The molecule has 0 unspecified atom stereocenters. The van der Waals surface area contributed by atoms with Crippen LogP contribution in [0.4, 0.5) is 0 Å². The molecule has 0 spiro atoms. The molecule has 46 valence electrons. The second-order valence-corrected chi connectivity index (χ2v) is 1.79. The molecular formula is C8H9N. The van der Waals surface area contributed by atoms with Gasteiger partial charge in [-0.3, -0.25) is 4.99 Å². The van der Waals surface area contributed by atoms with E-state index in [1.807, 2.05) is 12.2 Å². The van der Waals surface area contributed by atoms with Crippen molar-refractivity contribution >= 4 is 6.21 Å². The lowest BCUT2D eigenvalue weighted by atomic mass is 10.3. The van der Waals surface area contributed by atoms with E-state index in [0.29, 0.717) is 0 Å². The molecule has 0 fully saturated rings. The van der Waals surface area contributed by atoms with Gasteiger partial charge in [0.15, 0.2) is 0 Å². The molecular weight excluding hydrogens is 110 g/mol. The summed E-state index contributed by atoms with van der Waals surface area (Å²) in [6.45, 7) is 2.09. The quantitative estimate of drug-likeness (QED) is 0.468. The maximum absolute atomic E-state index is 4.13. The van der Waals surface area contributed by atoms with Crippen molar-refractivity contribution in [3.8, 4) is 0 Å². The van der Waals surface area contributed by atoms with Crippen LogP contribution < -0.4 is 0 Å². The summed E-state index contributed by atoms with van der Waals surface area (Å²) in [7, 11) is 0. The lowest BCUT2D eigenvalue weighted by Crippen LogP contribution is -1.72. The summed E-state index contributed by atoms with van der Waals surface area (Å²) in [5.74, 6) is 0. The molecule has 0 saturated carbocycles. The molecule has 9 heavy (non-hydrogen) atoms. The molecule has 0 aromatic rings. The minimum absolute atomic E-state index is 0.989. The molecule has 1 heteroatoms. The first kappa shape index (κ1) is 6.06. The second kappa shape index (κ2) is 3.06. The molecule has 0 aliphatic carbocycles. The SMILES string of the molecule is CCC1=CC=C=CC=N1. The average Bonchev–Trinajstić information content (AvgIpc) is 2.13. The van der Waals surface area contributed by atoms with Crippen molar-refractivity contribution in [3.05, 3.63) is 29.7 Å². The fraction of sp³-hybridized carbons (Fsp3) is 0.250. The third-order valence-electron chi connectivity index (χ3n) is 1.15. The lowest BCUT2D eigenvalue weighted by molar-refractivity contribution is 1.07. The van der Waals surface area contributed by atoms with E-state index in [-0.39, 0.29) is 0 Å². The summed E-state index contributed by atoms with van der Waals surface area (Å²) < 4.78 is 0. The normalized spacial score (nSPS) is 15.4. The average molecular weight is 119 g/mol. The molecule has 0 aromatic carbocycles. The zero-order valence-corrected chi connectivity index (χ0v) is 5.46. The molecule has 1 heterocycles. The van der Waals surface area contributed by atoms with Crippen LogP contribution in [0.2, 0.25) is 0 Å². The Morgan fingerprint density at radius 2 is 2.44 bits per heavy atom. The van der Waals surface area contributed by atoms with Crippen LogP contribution in [-0.4, -0.2) is 6.21 Å². The highest BCUT2D eigenvalue weighted by atomic mass is 14.7. The Morgan fingerprint density at radius 3 is 3.22 bits per heavy atom. The predicted octanol–water partition coefficient (Wildman–Crippen LogP) is 2.08. The molecule has 0 bridgehead atoms. The Kier molecular flexibility index (Phi) is 2.06. The molecule has 0 saturated heterocycles. The van der Waals surface area contributed by atoms with Gasteiger partial charge in [0.25, 0.3) is 0 Å². The van der Waals surface area contributed by atoms with Gasteiger partial charge < -0.3 is 0 Å². The molecule has 0 N–H and O–H groups in total. The maximum Gasteiger partial charge on any atom is 0.0407 e. The van der Waals surface area contributed by atoms with Crippen LogP contribution in [0.1, 0.15) is 13.3 Å². The van der Waals surface area contributed by atoms with E-state index in [1.54, 1.807) is 12.3 Å². The molecule has 1 nitrogen and oxygen atoms in total. The number of hydrogen-bond acceptors (Lipinski definition) is 1. The fourth-order valence-corrected chi connectivity index (χ4v) is 0.628. The van der Waals surface area contributed by atoms with Gasteiger partial charge in [0.05, 0.1) is 0 Å². The first-order chi connectivity index (χ1) is 4.43. The standard InChI is InChI=1S/C8H9N/c1-2-8-6-4-3-5-7-9-8/h4-7H,2H2,1H3. The van der Waals surface area contributed by atoms with Gasteiger partial charge in [0, 0.05) is 11.9 Å². The van der Waals surface area contributed by atoms with E-state index in [9.17, 15) is 0 Å². The summed E-state index contributed by atoms with van der Waals surface area (Å²) in [6, 6.07) is 0. The summed E-state index contributed by atoms with van der Waals surface area (Å²) >= 11 is 0. The van der Waals surface area contributed by atoms with Crippen molar-refractivity contribution in [2.75, 3.05) is 0 Å². The van der Waals surface area contributed by atoms with Gasteiger partial charge in [-0.2, -0.15) is 0 Å². The van der Waals surface area contributed by atoms with Crippen LogP contribution in [0.5, 0.6) is 0 Å². The number of nitrogens with zero attached hydrogens (tertiary/aromatic N) is 1. The van der Waals surface area contributed by atoms with Gasteiger partial charge >= 0.3 is 0 Å². The highest BCUT2D eigenvalue weighted by molar-refractivity contribution is 5.72. The summed E-state index contributed by atoms with van der Waals surface area (Å²) in [4.78, 5) is 4.13. The van der Waals surface area contributed by atoms with Gasteiger partial charge in [0.2, 0.25) is 0 Å². The van der Waals surface area contributed by atoms with E-state index in [2.05, 4.69) is 17.6 Å². The Morgan fingerprint density at radius 1 is 1.56 bits per heavy atom. The van der Waals surface area contributed by atoms with Gasteiger partial charge in [-0.1, -0.05) is 6.92 Å². The number of rotatable bonds is 1. The first-order valence-corrected chi connectivity index (χ1v) is 3.08. The lowest BCUT2D eigenvalue weighted by Gasteiger charge is -1.89. The number of allylic oxidation sites excluding steroid dienone is 3. The van der Waals surface area contributed by atoms with Crippen molar-refractivity contribution in [1.29, 1.82) is 0 Å². The van der Waals surface area contributed by atoms with Gasteiger partial charge in [-0.05, 0) is 24.6 Å². The topological polar surface area (TPSA) is 12.4 Å². The molecule has 0 atom stereocenters. The first-order valence-electron chi connectivity index (χ1n) is 3.08. The molecule has 1 aliphatic rings. The van der Waals surface area contributed by atoms with Crippen LogP contribution in [0, 0.1) is 0 Å². The smallest absolute Gasteiger partial charge is 0.0407 e. The van der Waals surface area contributed by atoms with Crippen molar-refractivity contribution in [1.82, 2.24) is 0 Å². The number of hydrogen-bond donors (Lipinski definition) is 0. The highest BCUT2D eigenvalue weighted by Gasteiger charge is 1.85.